The maximum atomic E-state index is 12.3. The van der Waals surface area contributed by atoms with E-state index < -0.39 is 0 Å². The molecule has 3 aromatic rings. The second-order valence-electron chi connectivity index (χ2n) is 6.91. The van der Waals surface area contributed by atoms with Gasteiger partial charge in [0.2, 0.25) is 5.91 Å². The number of nitrogens with one attached hydrogen (secondary N) is 2. The number of benzene rings is 1. The molecular weight excluding hydrogens is 382 g/mol. The quantitative estimate of drug-likeness (QED) is 0.564. The van der Waals surface area contributed by atoms with Gasteiger partial charge in [0.1, 0.15) is 11.4 Å². The van der Waals surface area contributed by atoms with Crippen LogP contribution < -0.4 is 15.6 Å². The number of H-pyrrole nitrogens is 1. The molecule has 0 fully saturated rings. The molecule has 0 spiro atoms. The van der Waals surface area contributed by atoms with Gasteiger partial charge in [0, 0.05) is 24.6 Å². The Hall–Kier alpha value is -3.55. The first-order chi connectivity index (χ1) is 14.5. The Labute approximate surface area is 174 Å². The van der Waals surface area contributed by atoms with Gasteiger partial charge in [0.15, 0.2) is 5.82 Å². The predicted octanol–water partition coefficient (Wildman–Crippen LogP) is 2.65. The molecule has 0 aliphatic carbocycles. The largest absolute Gasteiger partial charge is 0.491 e. The van der Waals surface area contributed by atoms with Gasteiger partial charge >= 0.3 is 0 Å². The Morgan fingerprint density at radius 1 is 1.17 bits per heavy atom. The van der Waals surface area contributed by atoms with Gasteiger partial charge in [0.05, 0.1) is 18.3 Å². The molecule has 8 nitrogen and oxygen atoms in total. The van der Waals surface area contributed by atoms with Gasteiger partial charge < -0.3 is 15.0 Å². The van der Waals surface area contributed by atoms with Crippen molar-refractivity contribution < 1.29 is 9.53 Å². The van der Waals surface area contributed by atoms with Gasteiger partial charge in [-0.05, 0) is 49.7 Å². The van der Waals surface area contributed by atoms with Crippen LogP contribution in [0.2, 0.25) is 0 Å². The predicted molar refractivity (Wildman–Crippen MR) is 113 cm³/mol. The maximum Gasteiger partial charge on any atom is 0.273 e. The number of hydrogen-bond donors (Lipinski definition) is 2. The minimum atomic E-state index is -0.350. The van der Waals surface area contributed by atoms with Crippen LogP contribution in [0.4, 0.5) is 0 Å². The van der Waals surface area contributed by atoms with Gasteiger partial charge in [-0.3, -0.25) is 14.6 Å². The van der Waals surface area contributed by atoms with Crippen LogP contribution in [-0.4, -0.2) is 32.2 Å². The lowest BCUT2D eigenvalue weighted by Gasteiger charge is -2.12. The molecule has 1 aromatic carbocycles. The molecule has 0 radical (unpaired) electrons. The first-order valence-electron chi connectivity index (χ1n) is 9.94. The zero-order chi connectivity index (χ0) is 21.3. The summed E-state index contributed by atoms with van der Waals surface area (Å²) in [6, 6.07) is 12.8. The van der Waals surface area contributed by atoms with Crippen LogP contribution in [0.3, 0.4) is 0 Å². The number of hydrogen-bond acceptors (Lipinski definition) is 6. The van der Waals surface area contributed by atoms with Gasteiger partial charge in [-0.1, -0.05) is 13.0 Å². The van der Waals surface area contributed by atoms with Gasteiger partial charge in [-0.25, -0.2) is 0 Å². The fraction of sp³-hybridized carbons (Fsp3) is 0.318. The molecule has 156 valence electrons. The van der Waals surface area contributed by atoms with Crippen LogP contribution in [0.1, 0.15) is 38.1 Å². The molecule has 0 unspecified atom stereocenters. The van der Waals surface area contributed by atoms with Crippen molar-refractivity contribution in [2.45, 2.75) is 45.8 Å². The molecule has 2 aromatic heterocycles. The first-order valence-corrected chi connectivity index (χ1v) is 9.94. The molecule has 2 N–H and O–H groups in total. The summed E-state index contributed by atoms with van der Waals surface area (Å²) in [5.74, 6) is 0.956. The van der Waals surface area contributed by atoms with E-state index in [-0.39, 0.29) is 36.1 Å². The van der Waals surface area contributed by atoms with Crippen molar-refractivity contribution >= 4 is 5.91 Å². The van der Waals surface area contributed by atoms with Gasteiger partial charge in [-0.2, -0.15) is 0 Å². The van der Waals surface area contributed by atoms with Crippen molar-refractivity contribution in [2.24, 2.45) is 0 Å². The molecule has 0 aliphatic rings. The van der Waals surface area contributed by atoms with E-state index in [0.717, 1.165) is 23.4 Å². The van der Waals surface area contributed by atoms with Crippen molar-refractivity contribution in [1.29, 1.82) is 0 Å². The normalized spacial score (nSPS) is 11.7. The lowest BCUT2D eigenvalue weighted by Crippen LogP contribution is -2.25. The van der Waals surface area contributed by atoms with E-state index in [4.69, 9.17) is 4.74 Å². The highest BCUT2D eigenvalue weighted by molar-refractivity contribution is 5.76. The molecule has 0 aliphatic heterocycles. The number of carbonyl (C=O) groups excluding carboxylic acids is 1. The van der Waals surface area contributed by atoms with Crippen LogP contribution in [0.15, 0.2) is 53.5 Å². The third-order valence-electron chi connectivity index (χ3n) is 4.59. The molecular formula is C22H25N5O3. The Morgan fingerprint density at radius 2 is 1.97 bits per heavy atom. The highest BCUT2D eigenvalue weighted by Gasteiger charge is 2.10. The zero-order valence-corrected chi connectivity index (χ0v) is 17.1. The first kappa shape index (κ1) is 21.2. The Morgan fingerprint density at radius 3 is 2.63 bits per heavy atom. The molecule has 0 saturated heterocycles. The molecule has 8 heteroatoms. The Kier molecular flexibility index (Phi) is 7.26. The number of aryl methyl sites for hydroxylation is 1. The van der Waals surface area contributed by atoms with E-state index in [1.165, 1.54) is 0 Å². The molecule has 0 bridgehead atoms. The number of nitrogens with zero attached hydrogens (tertiary/aromatic N) is 3. The monoisotopic (exact) mass is 407 g/mol. The van der Waals surface area contributed by atoms with Crippen LogP contribution in [-0.2, 0) is 17.8 Å². The van der Waals surface area contributed by atoms with Crippen LogP contribution >= 0.6 is 0 Å². The number of aromatic amines is 1. The molecule has 30 heavy (non-hydrogen) atoms. The lowest BCUT2D eigenvalue weighted by molar-refractivity contribution is -0.121. The zero-order valence-electron chi connectivity index (χ0n) is 17.1. The van der Waals surface area contributed by atoms with Crippen molar-refractivity contribution in [2.75, 3.05) is 0 Å². The smallest absolute Gasteiger partial charge is 0.273 e. The van der Waals surface area contributed by atoms with Gasteiger partial charge in [-0.15, -0.1) is 10.2 Å². The number of amides is 1. The minimum absolute atomic E-state index is 0.135. The third-order valence-corrected chi connectivity index (χ3v) is 4.59. The summed E-state index contributed by atoms with van der Waals surface area (Å²) in [7, 11) is 0. The van der Waals surface area contributed by atoms with Crippen molar-refractivity contribution in [3.05, 3.63) is 70.4 Å². The fourth-order valence-electron chi connectivity index (χ4n) is 2.67. The highest BCUT2D eigenvalue weighted by Crippen LogP contribution is 2.19. The molecule has 1 atom stereocenters. The number of aromatic nitrogens is 4. The Bertz CT molecular complexity index is 1020. The van der Waals surface area contributed by atoms with Crippen molar-refractivity contribution in [3.8, 4) is 17.1 Å². The summed E-state index contributed by atoms with van der Waals surface area (Å²) in [5.41, 5.74) is 1.38. The summed E-state index contributed by atoms with van der Waals surface area (Å²) in [4.78, 5) is 31.2. The summed E-state index contributed by atoms with van der Waals surface area (Å²) < 4.78 is 5.75. The average Bonchev–Trinajstić information content (AvgIpc) is 2.78. The standard InChI is InChI=1S/C22H25N5O3/c1-3-15(2)30-18-9-7-16(8-10-18)21-25-22(29)19(26-27-21)11-12-20(28)24-14-17-6-4-5-13-23-17/h4-10,13,15H,3,11-12,14H2,1-2H3,(H,24,28)(H,25,27,29)/t15-/m1/s1. The number of carbonyl (C=O) groups is 1. The Balaban J connectivity index is 1.56. The maximum absolute atomic E-state index is 12.3. The van der Waals surface area contributed by atoms with Gasteiger partial charge in [0.25, 0.3) is 5.56 Å². The number of ether oxygens (including phenoxy) is 1. The van der Waals surface area contributed by atoms with Crippen molar-refractivity contribution in [3.63, 3.8) is 0 Å². The lowest BCUT2D eigenvalue weighted by atomic mass is 10.2. The third kappa shape index (κ3) is 5.97. The van der Waals surface area contributed by atoms with E-state index in [2.05, 4.69) is 32.4 Å². The summed E-state index contributed by atoms with van der Waals surface area (Å²) in [6.45, 7) is 4.41. The average molecular weight is 407 g/mol. The van der Waals surface area contributed by atoms with Crippen LogP contribution in [0.25, 0.3) is 11.4 Å². The van der Waals surface area contributed by atoms with E-state index in [1.807, 2.05) is 49.4 Å². The second-order valence-corrected chi connectivity index (χ2v) is 6.91. The summed E-state index contributed by atoms with van der Waals surface area (Å²) in [6.07, 6.45) is 3.08. The SMILES string of the molecule is CC[C@@H](C)Oc1ccc(-c2nnc(CCC(=O)NCc3ccccn3)c(=O)[nH]2)cc1. The van der Waals surface area contributed by atoms with Crippen molar-refractivity contribution in [1.82, 2.24) is 25.5 Å². The van der Waals surface area contributed by atoms with E-state index in [9.17, 15) is 9.59 Å². The minimum Gasteiger partial charge on any atom is -0.491 e. The highest BCUT2D eigenvalue weighted by atomic mass is 16.5. The van der Waals surface area contributed by atoms with Crippen LogP contribution in [0, 0.1) is 0 Å². The number of pyridine rings is 1. The van der Waals surface area contributed by atoms with E-state index in [1.54, 1.807) is 6.20 Å². The molecule has 3 rings (SSSR count). The topological polar surface area (TPSA) is 110 Å². The molecule has 2 heterocycles. The van der Waals surface area contributed by atoms with E-state index >= 15 is 0 Å². The number of rotatable bonds is 9. The second kappa shape index (κ2) is 10.3. The summed E-state index contributed by atoms with van der Waals surface area (Å²) >= 11 is 0. The fourth-order valence-corrected chi connectivity index (χ4v) is 2.67. The van der Waals surface area contributed by atoms with Crippen LogP contribution in [0.5, 0.6) is 5.75 Å². The molecule has 0 saturated carbocycles. The summed E-state index contributed by atoms with van der Waals surface area (Å²) in [5, 5.41) is 10.9. The molecule has 1 amide bonds. The van der Waals surface area contributed by atoms with E-state index in [0.29, 0.717) is 12.4 Å².